The third kappa shape index (κ3) is 4.11. The van der Waals surface area contributed by atoms with Crippen LogP contribution in [-0.2, 0) is 0 Å². The van der Waals surface area contributed by atoms with E-state index in [0.717, 1.165) is 10.8 Å². The van der Waals surface area contributed by atoms with Gasteiger partial charge in [0, 0.05) is 40.1 Å². The van der Waals surface area contributed by atoms with Gasteiger partial charge < -0.3 is 20.4 Å². The molecule has 6 nitrogen and oxygen atoms in total. The van der Waals surface area contributed by atoms with E-state index in [2.05, 4.69) is 0 Å². The minimum atomic E-state index is -0.0524. The molecule has 0 saturated heterocycles. The maximum atomic E-state index is 10.2. The second-order valence-electron chi connectivity index (χ2n) is 7.45. The number of aromatic hydroxyl groups is 4. The molecule has 0 saturated carbocycles. The first-order valence-corrected chi connectivity index (χ1v) is 10.0. The Balaban J connectivity index is 1.86. The van der Waals surface area contributed by atoms with Crippen LogP contribution in [0.1, 0.15) is 25.0 Å². The Hall–Kier alpha value is -4.32. The van der Waals surface area contributed by atoms with Gasteiger partial charge in [0.2, 0.25) is 0 Å². The smallest absolute Gasteiger partial charge is 0.128 e. The maximum Gasteiger partial charge on any atom is 0.128 e. The third-order valence-corrected chi connectivity index (χ3v) is 5.18. The van der Waals surface area contributed by atoms with Crippen LogP contribution < -0.4 is 0 Å². The zero-order valence-corrected chi connectivity index (χ0v) is 17.6. The molecule has 4 N–H and O–H groups in total. The molecule has 6 heteroatoms. The molecule has 0 bridgehead atoms. The van der Waals surface area contributed by atoms with Crippen molar-refractivity contribution in [2.45, 2.75) is 13.8 Å². The number of fused-ring (bicyclic) bond motifs is 1. The minimum absolute atomic E-state index is 0.0196. The van der Waals surface area contributed by atoms with Crippen molar-refractivity contribution in [3.05, 3.63) is 83.9 Å². The fraction of sp³-hybridized carbons (Fsp3) is 0.0769. The Morgan fingerprint density at radius 3 is 1.44 bits per heavy atom. The van der Waals surface area contributed by atoms with Crippen LogP contribution in [0, 0.1) is 0 Å². The molecular weight excluding hydrogens is 404 g/mol. The number of aliphatic imine (C=N–C) groups is 2. The highest BCUT2D eigenvalue weighted by Crippen LogP contribution is 2.36. The van der Waals surface area contributed by atoms with Gasteiger partial charge in [0.1, 0.15) is 23.0 Å². The van der Waals surface area contributed by atoms with Gasteiger partial charge in [-0.15, -0.1) is 0 Å². The van der Waals surface area contributed by atoms with E-state index in [4.69, 9.17) is 9.98 Å². The lowest BCUT2D eigenvalue weighted by atomic mass is 10.1. The summed E-state index contributed by atoms with van der Waals surface area (Å²) in [6, 6.07) is 20.3. The van der Waals surface area contributed by atoms with Crippen molar-refractivity contribution >= 4 is 33.6 Å². The second-order valence-corrected chi connectivity index (χ2v) is 7.45. The van der Waals surface area contributed by atoms with Crippen LogP contribution in [0.3, 0.4) is 0 Å². The van der Waals surface area contributed by atoms with Gasteiger partial charge in [0.15, 0.2) is 0 Å². The zero-order chi connectivity index (χ0) is 22.8. The normalized spacial score (nSPS) is 12.3. The van der Waals surface area contributed by atoms with Crippen molar-refractivity contribution in [3.8, 4) is 23.0 Å². The van der Waals surface area contributed by atoms with E-state index in [0.29, 0.717) is 33.9 Å². The molecular formula is C26H22N2O4. The highest BCUT2D eigenvalue weighted by Gasteiger charge is 2.11. The Morgan fingerprint density at radius 2 is 1.03 bits per heavy atom. The summed E-state index contributed by atoms with van der Waals surface area (Å²) >= 11 is 0. The van der Waals surface area contributed by atoms with Crippen molar-refractivity contribution in [1.82, 2.24) is 0 Å². The Kier molecular flexibility index (Phi) is 5.52. The number of nitrogens with zero attached hydrogens (tertiary/aromatic N) is 2. The van der Waals surface area contributed by atoms with Crippen molar-refractivity contribution in [1.29, 1.82) is 0 Å². The van der Waals surface area contributed by atoms with Gasteiger partial charge >= 0.3 is 0 Å². The van der Waals surface area contributed by atoms with Gasteiger partial charge in [-0.2, -0.15) is 0 Å². The fourth-order valence-electron chi connectivity index (χ4n) is 3.62. The molecule has 0 aliphatic carbocycles. The van der Waals surface area contributed by atoms with Crippen LogP contribution in [0.25, 0.3) is 10.8 Å². The van der Waals surface area contributed by atoms with Crippen molar-refractivity contribution < 1.29 is 20.4 Å². The molecule has 0 aliphatic rings. The average Bonchev–Trinajstić information content (AvgIpc) is 2.73. The van der Waals surface area contributed by atoms with Crippen molar-refractivity contribution in [2.24, 2.45) is 9.98 Å². The van der Waals surface area contributed by atoms with Gasteiger partial charge in [0.05, 0.1) is 11.4 Å². The summed E-state index contributed by atoms with van der Waals surface area (Å²) in [5.74, 6) is -0.144. The molecule has 160 valence electrons. The monoisotopic (exact) mass is 426 g/mol. The van der Waals surface area contributed by atoms with E-state index in [1.54, 1.807) is 26.0 Å². The van der Waals surface area contributed by atoms with Crippen LogP contribution in [-0.4, -0.2) is 31.8 Å². The topological polar surface area (TPSA) is 106 Å². The van der Waals surface area contributed by atoms with Gasteiger partial charge in [-0.05, 0) is 55.6 Å². The molecule has 0 unspecified atom stereocenters. The fourth-order valence-corrected chi connectivity index (χ4v) is 3.62. The number of hydrogen-bond acceptors (Lipinski definition) is 6. The molecule has 0 spiro atoms. The lowest BCUT2D eigenvalue weighted by Crippen LogP contribution is -1.95. The predicted molar refractivity (Wildman–Crippen MR) is 127 cm³/mol. The lowest BCUT2D eigenvalue weighted by Gasteiger charge is -2.10. The van der Waals surface area contributed by atoms with Crippen LogP contribution in [0.15, 0.2) is 82.8 Å². The summed E-state index contributed by atoms with van der Waals surface area (Å²) in [6.45, 7) is 3.58. The minimum Gasteiger partial charge on any atom is -0.508 e. The Bertz CT molecular complexity index is 1290. The number of benzene rings is 4. The third-order valence-electron chi connectivity index (χ3n) is 5.18. The lowest BCUT2D eigenvalue weighted by molar-refractivity contribution is 0.449. The van der Waals surface area contributed by atoms with Gasteiger partial charge in [-0.25, -0.2) is 0 Å². The van der Waals surface area contributed by atoms with Crippen LogP contribution in [0.2, 0.25) is 0 Å². The molecule has 32 heavy (non-hydrogen) atoms. The summed E-state index contributed by atoms with van der Waals surface area (Å²) in [6.07, 6.45) is 0. The standard InChI is InChI=1S/C26H22N2O4/c1-15(20-11-9-18(29)13-24(20)31)27-22-7-3-5-17-6-4-8-23(26(17)22)28-16(2)21-12-10-19(30)14-25(21)32/h3-14,29-32H,1-2H3. The molecule has 0 aliphatic heterocycles. The highest BCUT2D eigenvalue weighted by atomic mass is 16.3. The van der Waals surface area contributed by atoms with Gasteiger partial charge in [0.25, 0.3) is 0 Å². The molecule has 0 atom stereocenters. The quantitative estimate of drug-likeness (QED) is 0.303. The van der Waals surface area contributed by atoms with Crippen molar-refractivity contribution in [3.63, 3.8) is 0 Å². The van der Waals surface area contributed by atoms with Gasteiger partial charge in [-0.1, -0.05) is 24.3 Å². The van der Waals surface area contributed by atoms with E-state index in [9.17, 15) is 20.4 Å². The molecule has 0 amide bonds. The summed E-state index contributed by atoms with van der Waals surface area (Å²) < 4.78 is 0. The van der Waals surface area contributed by atoms with Gasteiger partial charge in [-0.3, -0.25) is 9.98 Å². The van der Waals surface area contributed by atoms with Crippen LogP contribution in [0.4, 0.5) is 11.4 Å². The van der Waals surface area contributed by atoms with E-state index in [1.165, 1.54) is 24.3 Å². The number of rotatable bonds is 4. The molecule has 0 aromatic heterocycles. The Morgan fingerprint density at radius 1 is 0.594 bits per heavy atom. The molecule has 4 aromatic carbocycles. The summed E-state index contributed by atoms with van der Waals surface area (Å²) in [5.41, 5.74) is 3.56. The van der Waals surface area contributed by atoms with E-state index in [-0.39, 0.29) is 23.0 Å². The molecule has 4 rings (SSSR count). The highest BCUT2D eigenvalue weighted by molar-refractivity contribution is 6.10. The molecule has 0 heterocycles. The van der Waals surface area contributed by atoms with Crippen LogP contribution in [0.5, 0.6) is 23.0 Å². The largest absolute Gasteiger partial charge is 0.508 e. The Labute approximate surface area is 185 Å². The first-order chi connectivity index (χ1) is 15.3. The first kappa shape index (κ1) is 20.9. The summed E-state index contributed by atoms with van der Waals surface area (Å²) in [4.78, 5) is 9.48. The summed E-state index contributed by atoms with van der Waals surface area (Å²) in [5, 5.41) is 41.3. The predicted octanol–water partition coefficient (Wildman–Crippen LogP) is 5.94. The number of hydrogen-bond donors (Lipinski definition) is 4. The SMILES string of the molecule is CC(=Nc1cccc2cccc(N=C(C)c3ccc(O)cc3O)c12)c1ccc(O)cc1O. The molecule has 0 radical (unpaired) electrons. The zero-order valence-electron chi connectivity index (χ0n) is 17.6. The summed E-state index contributed by atoms with van der Waals surface area (Å²) in [7, 11) is 0. The van der Waals surface area contributed by atoms with E-state index >= 15 is 0 Å². The number of phenols is 4. The number of phenolic OH excluding ortho intramolecular Hbond substituents is 4. The maximum absolute atomic E-state index is 10.2. The van der Waals surface area contributed by atoms with Crippen molar-refractivity contribution in [2.75, 3.05) is 0 Å². The molecule has 4 aromatic rings. The van der Waals surface area contributed by atoms with E-state index in [1.807, 2.05) is 36.4 Å². The molecule has 0 fully saturated rings. The van der Waals surface area contributed by atoms with Crippen LogP contribution >= 0.6 is 0 Å². The average molecular weight is 426 g/mol. The van der Waals surface area contributed by atoms with E-state index < -0.39 is 0 Å². The first-order valence-electron chi connectivity index (χ1n) is 10.0. The second kappa shape index (κ2) is 8.43.